The van der Waals surface area contributed by atoms with E-state index in [4.69, 9.17) is 21.7 Å². The van der Waals surface area contributed by atoms with E-state index in [1.54, 1.807) is 18.4 Å². The van der Waals surface area contributed by atoms with Crippen molar-refractivity contribution in [2.75, 3.05) is 24.9 Å². The van der Waals surface area contributed by atoms with Gasteiger partial charge in [-0.05, 0) is 66.6 Å². The van der Waals surface area contributed by atoms with Crippen molar-refractivity contribution in [1.82, 2.24) is 0 Å². The molecule has 1 aromatic heterocycles. The van der Waals surface area contributed by atoms with Crippen molar-refractivity contribution in [2.45, 2.75) is 58.3 Å². The number of fused-ring (bicyclic) bond motifs is 1. The Morgan fingerprint density at radius 3 is 2.50 bits per heavy atom. The number of benzene rings is 1. The Bertz CT molecular complexity index is 945. The lowest BCUT2D eigenvalue weighted by Crippen LogP contribution is -2.21. The number of esters is 1. The number of nitrogens with one attached hydrogen (secondary N) is 2. The van der Waals surface area contributed by atoms with Crippen molar-refractivity contribution in [3.8, 4) is 5.75 Å². The molecular weight excluding hydrogens is 416 g/mol. The first kappa shape index (κ1) is 22.6. The highest BCUT2D eigenvalue weighted by Gasteiger charge is 2.26. The monoisotopic (exact) mass is 446 g/mol. The van der Waals surface area contributed by atoms with Gasteiger partial charge in [-0.15, -0.1) is 11.3 Å². The first-order valence-corrected chi connectivity index (χ1v) is 11.5. The van der Waals surface area contributed by atoms with Crippen LogP contribution >= 0.6 is 23.6 Å². The van der Waals surface area contributed by atoms with Crippen LogP contribution in [-0.4, -0.2) is 25.3 Å². The number of rotatable bonds is 4. The van der Waals surface area contributed by atoms with Gasteiger partial charge < -0.3 is 20.1 Å². The summed E-state index contributed by atoms with van der Waals surface area (Å²) in [5.74, 6) is 0.398. The molecule has 0 spiro atoms. The second-order valence-corrected chi connectivity index (χ2v) is 10.0. The molecule has 0 saturated heterocycles. The molecule has 1 aliphatic rings. The third-order valence-corrected chi connectivity index (χ3v) is 6.76. The maximum absolute atomic E-state index is 12.5. The van der Waals surface area contributed by atoms with E-state index in [1.165, 1.54) is 24.0 Å². The number of carbonyl (C=O) groups excluding carboxylic acids is 1. The normalized spacial score (nSPS) is 13.8. The highest BCUT2D eigenvalue weighted by Crippen LogP contribution is 2.38. The molecule has 1 aliphatic carbocycles. The second-order valence-electron chi connectivity index (χ2n) is 8.50. The predicted molar refractivity (Wildman–Crippen MR) is 128 cm³/mol. The number of aryl methyl sites for hydroxylation is 1. The topological polar surface area (TPSA) is 59.6 Å². The molecule has 0 saturated carbocycles. The average Bonchev–Trinajstić information content (AvgIpc) is 2.87. The Hall–Kier alpha value is -2.12. The molecule has 1 aromatic carbocycles. The first-order valence-electron chi connectivity index (χ1n) is 10.2. The minimum Gasteiger partial charge on any atom is -0.495 e. The van der Waals surface area contributed by atoms with Gasteiger partial charge in [-0.3, -0.25) is 0 Å². The molecule has 3 rings (SSSR count). The zero-order chi connectivity index (χ0) is 21.9. The lowest BCUT2D eigenvalue weighted by molar-refractivity contribution is 0.0601. The van der Waals surface area contributed by atoms with E-state index in [2.05, 4.69) is 43.5 Å². The van der Waals surface area contributed by atoms with Crippen LogP contribution < -0.4 is 15.4 Å². The molecule has 2 aromatic rings. The van der Waals surface area contributed by atoms with Gasteiger partial charge in [-0.1, -0.05) is 33.3 Å². The average molecular weight is 447 g/mol. The highest BCUT2D eigenvalue weighted by molar-refractivity contribution is 7.80. The van der Waals surface area contributed by atoms with Crippen LogP contribution in [0.4, 0.5) is 10.7 Å². The van der Waals surface area contributed by atoms with Gasteiger partial charge in [0.25, 0.3) is 0 Å². The van der Waals surface area contributed by atoms with Gasteiger partial charge in [0, 0.05) is 4.88 Å². The largest absolute Gasteiger partial charge is 0.495 e. The van der Waals surface area contributed by atoms with Crippen molar-refractivity contribution in [3.63, 3.8) is 0 Å². The van der Waals surface area contributed by atoms with E-state index in [1.807, 2.05) is 6.07 Å². The summed E-state index contributed by atoms with van der Waals surface area (Å²) in [5, 5.41) is 7.66. The molecular formula is C23H30N2O3S2. The quantitative estimate of drug-likeness (QED) is 0.345. The first-order chi connectivity index (χ1) is 14.2. The van der Waals surface area contributed by atoms with Crippen LogP contribution in [-0.2, 0) is 23.0 Å². The van der Waals surface area contributed by atoms with Crippen LogP contribution in [0.2, 0.25) is 0 Å². The van der Waals surface area contributed by atoms with E-state index < -0.39 is 0 Å². The Labute approximate surface area is 188 Å². The number of hydrogen-bond acceptors (Lipinski definition) is 5. The van der Waals surface area contributed by atoms with Crippen LogP contribution in [0.15, 0.2) is 18.2 Å². The van der Waals surface area contributed by atoms with Crippen LogP contribution in [0.3, 0.4) is 0 Å². The molecule has 2 N–H and O–H groups in total. The van der Waals surface area contributed by atoms with E-state index in [0.717, 1.165) is 41.9 Å². The van der Waals surface area contributed by atoms with E-state index in [9.17, 15) is 4.79 Å². The van der Waals surface area contributed by atoms with Gasteiger partial charge in [-0.2, -0.15) is 0 Å². The van der Waals surface area contributed by atoms with Crippen LogP contribution in [0.1, 0.15) is 66.4 Å². The lowest BCUT2D eigenvalue weighted by atomic mass is 9.87. The molecule has 162 valence electrons. The van der Waals surface area contributed by atoms with Crippen molar-refractivity contribution in [3.05, 3.63) is 39.8 Å². The number of thiocarbonyl (C=S) groups is 1. The molecule has 0 radical (unpaired) electrons. The van der Waals surface area contributed by atoms with Crippen molar-refractivity contribution >= 4 is 45.3 Å². The van der Waals surface area contributed by atoms with Gasteiger partial charge in [0.05, 0.1) is 25.5 Å². The zero-order valence-electron chi connectivity index (χ0n) is 18.3. The summed E-state index contributed by atoms with van der Waals surface area (Å²) in [4.78, 5) is 13.8. The molecule has 0 bridgehead atoms. The standard InChI is InChI=1S/C23H30N2O3S2/c1-23(2,3)14-11-12-17(27-4)16(13-14)24-22(29)25-20-19(21(26)28-5)15-9-7-6-8-10-18(15)30-20/h11-13H,6-10H2,1-5H3,(H2,24,25,29). The molecule has 30 heavy (non-hydrogen) atoms. The third kappa shape index (κ3) is 4.95. The fraction of sp³-hybridized carbons (Fsp3) is 0.478. The molecule has 0 unspecified atom stereocenters. The number of methoxy groups -OCH3 is 2. The van der Waals surface area contributed by atoms with Gasteiger partial charge >= 0.3 is 5.97 Å². The van der Waals surface area contributed by atoms with Gasteiger partial charge in [0.1, 0.15) is 10.8 Å². The summed E-state index contributed by atoms with van der Waals surface area (Å²) < 4.78 is 10.6. The van der Waals surface area contributed by atoms with E-state index >= 15 is 0 Å². The molecule has 7 heteroatoms. The lowest BCUT2D eigenvalue weighted by Gasteiger charge is -2.22. The van der Waals surface area contributed by atoms with Crippen molar-refractivity contribution in [1.29, 1.82) is 0 Å². The van der Waals surface area contributed by atoms with Crippen molar-refractivity contribution < 1.29 is 14.3 Å². The molecule has 1 heterocycles. The predicted octanol–water partition coefficient (Wildman–Crippen LogP) is 5.92. The van der Waals surface area contributed by atoms with Crippen LogP contribution in [0.25, 0.3) is 0 Å². The third-order valence-electron chi connectivity index (χ3n) is 5.35. The molecule has 0 atom stereocenters. The maximum Gasteiger partial charge on any atom is 0.341 e. The molecule has 0 aliphatic heterocycles. The Morgan fingerprint density at radius 2 is 1.83 bits per heavy atom. The fourth-order valence-corrected chi connectivity index (χ4v) is 5.24. The maximum atomic E-state index is 12.5. The smallest absolute Gasteiger partial charge is 0.341 e. The van der Waals surface area contributed by atoms with Gasteiger partial charge in [0.2, 0.25) is 0 Å². The summed E-state index contributed by atoms with van der Waals surface area (Å²) in [6.45, 7) is 6.49. The SMILES string of the molecule is COC(=O)c1c(NC(=S)Nc2cc(C(C)(C)C)ccc2OC)sc2c1CCCCC2. The second kappa shape index (κ2) is 9.35. The summed E-state index contributed by atoms with van der Waals surface area (Å²) in [6, 6.07) is 6.06. The minimum absolute atomic E-state index is 0.00111. The minimum atomic E-state index is -0.313. The number of carbonyl (C=O) groups is 1. The number of hydrogen-bond donors (Lipinski definition) is 2. The van der Waals surface area contributed by atoms with Crippen molar-refractivity contribution in [2.24, 2.45) is 0 Å². The number of anilines is 2. The fourth-order valence-electron chi connectivity index (χ4n) is 3.68. The van der Waals surface area contributed by atoms with E-state index in [0.29, 0.717) is 16.4 Å². The summed E-state index contributed by atoms with van der Waals surface area (Å²) in [6.07, 6.45) is 5.32. The number of thiophene rings is 1. The summed E-state index contributed by atoms with van der Waals surface area (Å²) in [7, 11) is 3.06. The highest BCUT2D eigenvalue weighted by atomic mass is 32.1. The van der Waals surface area contributed by atoms with E-state index in [-0.39, 0.29) is 11.4 Å². The molecule has 5 nitrogen and oxygen atoms in total. The van der Waals surface area contributed by atoms with Crippen LogP contribution in [0.5, 0.6) is 5.75 Å². The zero-order valence-corrected chi connectivity index (χ0v) is 19.9. The Kier molecular flexibility index (Phi) is 7.03. The number of ether oxygens (including phenoxy) is 2. The summed E-state index contributed by atoms with van der Waals surface area (Å²) >= 11 is 7.19. The Morgan fingerprint density at radius 1 is 1.10 bits per heavy atom. The summed E-state index contributed by atoms with van der Waals surface area (Å²) in [5.41, 5.74) is 3.70. The molecule has 0 fully saturated rings. The van der Waals surface area contributed by atoms with Gasteiger partial charge in [-0.25, -0.2) is 4.79 Å². The Balaban J connectivity index is 1.87. The van der Waals surface area contributed by atoms with Crippen LogP contribution in [0, 0.1) is 0 Å². The molecule has 0 amide bonds. The van der Waals surface area contributed by atoms with Gasteiger partial charge in [0.15, 0.2) is 5.11 Å².